The lowest BCUT2D eigenvalue weighted by atomic mass is 9.99. The van der Waals surface area contributed by atoms with Crippen LogP contribution in [0.4, 0.5) is 0 Å². The normalized spacial score (nSPS) is 13.4. The molecule has 0 atom stereocenters. The van der Waals surface area contributed by atoms with Gasteiger partial charge in [0.25, 0.3) is 0 Å². The second-order valence-electron chi connectivity index (χ2n) is 4.42. The monoisotopic (exact) mass is 219 g/mol. The fraction of sp³-hybridized carbons (Fsp3) is 0.188. The van der Waals surface area contributed by atoms with Gasteiger partial charge < -0.3 is 0 Å². The lowest BCUT2D eigenvalue weighted by molar-refractivity contribution is 1.02. The van der Waals surface area contributed by atoms with Gasteiger partial charge >= 0.3 is 0 Å². The number of aryl methyl sites for hydroxylation is 2. The first-order chi connectivity index (χ1) is 8.40. The first-order valence-corrected chi connectivity index (χ1v) is 5.97. The molecule has 0 N–H and O–H groups in total. The number of benzene rings is 2. The Morgan fingerprint density at radius 2 is 1.94 bits per heavy atom. The molecule has 17 heavy (non-hydrogen) atoms. The van der Waals surface area contributed by atoms with Gasteiger partial charge in [-0.15, -0.1) is 0 Å². The highest BCUT2D eigenvalue weighted by molar-refractivity contribution is 5.96. The number of allylic oxidation sites excluding steroid dienone is 1. The highest BCUT2D eigenvalue weighted by Gasteiger charge is 2.14. The molecule has 0 bridgehead atoms. The van der Waals surface area contributed by atoms with Crippen LogP contribution in [0.25, 0.3) is 16.8 Å². The molecule has 0 radical (unpaired) electrons. The number of nitrogens with zero attached hydrogens (tertiary/aromatic N) is 1. The molecule has 1 nitrogen and oxygen atoms in total. The molecule has 0 fully saturated rings. The van der Waals surface area contributed by atoms with Crippen molar-refractivity contribution in [1.82, 2.24) is 0 Å². The molecule has 3 rings (SSSR count). The third-order valence-corrected chi connectivity index (χ3v) is 3.42. The van der Waals surface area contributed by atoms with Crippen molar-refractivity contribution >= 4 is 16.8 Å². The molecular formula is C16H13N. The van der Waals surface area contributed by atoms with E-state index in [0.29, 0.717) is 6.42 Å². The summed E-state index contributed by atoms with van der Waals surface area (Å²) in [6.07, 6.45) is 6.79. The predicted octanol–water partition coefficient (Wildman–Crippen LogP) is 3.87. The van der Waals surface area contributed by atoms with Crippen molar-refractivity contribution in [3.05, 3.63) is 53.1 Å². The van der Waals surface area contributed by atoms with Gasteiger partial charge in [-0.25, -0.2) is 0 Å². The van der Waals surface area contributed by atoms with E-state index in [-0.39, 0.29) is 0 Å². The molecule has 0 saturated carbocycles. The SMILES string of the molecule is N#CCC=Cc1ccc2c3c(cccc13)CC2. The summed E-state index contributed by atoms with van der Waals surface area (Å²) in [6.45, 7) is 0. The van der Waals surface area contributed by atoms with E-state index >= 15 is 0 Å². The van der Waals surface area contributed by atoms with Crippen LogP contribution >= 0.6 is 0 Å². The number of rotatable bonds is 2. The highest BCUT2D eigenvalue weighted by atomic mass is 14.2. The third-order valence-electron chi connectivity index (χ3n) is 3.42. The summed E-state index contributed by atoms with van der Waals surface area (Å²) < 4.78 is 0. The molecular weight excluding hydrogens is 206 g/mol. The molecule has 2 aromatic carbocycles. The topological polar surface area (TPSA) is 23.8 Å². The van der Waals surface area contributed by atoms with E-state index in [1.54, 1.807) is 0 Å². The summed E-state index contributed by atoms with van der Waals surface area (Å²) >= 11 is 0. The molecule has 0 aliphatic heterocycles. The van der Waals surface area contributed by atoms with Crippen molar-refractivity contribution in [2.24, 2.45) is 0 Å². The van der Waals surface area contributed by atoms with Crippen molar-refractivity contribution < 1.29 is 0 Å². The van der Waals surface area contributed by atoms with Crippen LogP contribution in [0, 0.1) is 11.3 Å². The van der Waals surface area contributed by atoms with Crippen molar-refractivity contribution in [3.8, 4) is 6.07 Å². The van der Waals surface area contributed by atoms with Crippen molar-refractivity contribution in [2.45, 2.75) is 19.3 Å². The Bertz CT molecular complexity index is 634. The number of hydrogen-bond donors (Lipinski definition) is 0. The van der Waals surface area contributed by atoms with Crippen molar-refractivity contribution in [3.63, 3.8) is 0 Å². The fourth-order valence-corrected chi connectivity index (χ4v) is 2.65. The van der Waals surface area contributed by atoms with Crippen LogP contribution in [-0.4, -0.2) is 0 Å². The van der Waals surface area contributed by atoms with Gasteiger partial charge in [0.15, 0.2) is 0 Å². The first-order valence-electron chi connectivity index (χ1n) is 5.97. The Morgan fingerprint density at radius 3 is 2.76 bits per heavy atom. The maximum absolute atomic E-state index is 8.55. The second kappa shape index (κ2) is 4.07. The van der Waals surface area contributed by atoms with E-state index in [4.69, 9.17) is 5.26 Å². The van der Waals surface area contributed by atoms with E-state index in [2.05, 4.69) is 42.5 Å². The summed E-state index contributed by atoms with van der Waals surface area (Å²) in [5.41, 5.74) is 4.16. The van der Waals surface area contributed by atoms with Gasteiger partial charge in [-0.2, -0.15) is 5.26 Å². The van der Waals surface area contributed by atoms with Gasteiger partial charge in [0, 0.05) is 0 Å². The van der Waals surface area contributed by atoms with E-state index < -0.39 is 0 Å². The average Bonchev–Trinajstić information content (AvgIpc) is 2.78. The molecule has 82 valence electrons. The van der Waals surface area contributed by atoms with Crippen molar-refractivity contribution in [1.29, 1.82) is 5.26 Å². The Labute approximate surface area is 101 Å². The molecule has 0 saturated heterocycles. The van der Waals surface area contributed by atoms with E-state index in [1.165, 1.54) is 27.5 Å². The van der Waals surface area contributed by atoms with E-state index in [9.17, 15) is 0 Å². The Morgan fingerprint density at radius 1 is 1.12 bits per heavy atom. The zero-order chi connectivity index (χ0) is 11.7. The van der Waals surface area contributed by atoms with Crippen LogP contribution in [0.3, 0.4) is 0 Å². The summed E-state index contributed by atoms with van der Waals surface area (Å²) in [6, 6.07) is 13.1. The second-order valence-corrected chi connectivity index (χ2v) is 4.42. The first kappa shape index (κ1) is 10.1. The fourth-order valence-electron chi connectivity index (χ4n) is 2.65. The molecule has 0 aromatic heterocycles. The van der Waals surface area contributed by atoms with Gasteiger partial charge in [0.2, 0.25) is 0 Å². The van der Waals surface area contributed by atoms with E-state index in [1.807, 2.05) is 6.08 Å². The highest BCUT2D eigenvalue weighted by Crippen LogP contribution is 2.33. The maximum atomic E-state index is 8.55. The molecule has 1 aliphatic carbocycles. The quantitative estimate of drug-likeness (QED) is 0.752. The molecule has 1 aliphatic rings. The predicted molar refractivity (Wildman–Crippen MR) is 70.6 cm³/mol. The molecule has 0 spiro atoms. The van der Waals surface area contributed by atoms with Gasteiger partial charge in [0.05, 0.1) is 12.5 Å². The molecule has 0 heterocycles. The van der Waals surface area contributed by atoms with Crippen LogP contribution in [0.15, 0.2) is 36.4 Å². The summed E-state index contributed by atoms with van der Waals surface area (Å²) in [7, 11) is 0. The molecule has 2 aromatic rings. The zero-order valence-electron chi connectivity index (χ0n) is 9.61. The number of nitriles is 1. The lowest BCUT2D eigenvalue weighted by Gasteiger charge is -2.05. The van der Waals surface area contributed by atoms with Crippen LogP contribution in [0.1, 0.15) is 23.1 Å². The average molecular weight is 219 g/mol. The summed E-state index contributed by atoms with van der Waals surface area (Å²) in [5, 5.41) is 11.3. The van der Waals surface area contributed by atoms with Gasteiger partial charge in [-0.3, -0.25) is 0 Å². The third kappa shape index (κ3) is 1.62. The minimum Gasteiger partial charge on any atom is -0.198 e. The number of hydrogen-bond acceptors (Lipinski definition) is 1. The van der Waals surface area contributed by atoms with Gasteiger partial charge in [-0.1, -0.05) is 42.5 Å². The molecule has 1 heteroatoms. The minimum atomic E-state index is 0.475. The van der Waals surface area contributed by atoms with E-state index in [0.717, 1.165) is 12.8 Å². The standard InChI is InChI=1S/C16H13N/c17-11-2-1-4-12-7-8-14-10-9-13-5-3-6-15(12)16(13)14/h1,3-8H,2,9-10H2. The van der Waals surface area contributed by atoms with Crippen LogP contribution in [-0.2, 0) is 12.8 Å². The Kier molecular flexibility index (Phi) is 2.42. The Balaban J connectivity index is 2.19. The zero-order valence-corrected chi connectivity index (χ0v) is 9.61. The molecule has 0 amide bonds. The van der Waals surface area contributed by atoms with Crippen molar-refractivity contribution in [2.75, 3.05) is 0 Å². The van der Waals surface area contributed by atoms with Gasteiger partial charge in [0.1, 0.15) is 0 Å². The van der Waals surface area contributed by atoms with Crippen LogP contribution in [0.5, 0.6) is 0 Å². The lowest BCUT2D eigenvalue weighted by Crippen LogP contribution is -1.82. The largest absolute Gasteiger partial charge is 0.198 e. The van der Waals surface area contributed by atoms with Crippen LogP contribution < -0.4 is 0 Å². The van der Waals surface area contributed by atoms with Crippen LogP contribution in [0.2, 0.25) is 0 Å². The smallest absolute Gasteiger partial charge is 0.0663 e. The summed E-state index contributed by atoms with van der Waals surface area (Å²) in [5.74, 6) is 0. The van der Waals surface area contributed by atoms with Gasteiger partial charge in [-0.05, 0) is 40.3 Å². The minimum absolute atomic E-state index is 0.475. The summed E-state index contributed by atoms with van der Waals surface area (Å²) in [4.78, 5) is 0. The molecule has 0 unspecified atom stereocenters. The maximum Gasteiger partial charge on any atom is 0.0663 e. The Hall–Kier alpha value is -2.07.